The van der Waals surface area contributed by atoms with Crippen LogP contribution < -0.4 is 0 Å². The van der Waals surface area contributed by atoms with Gasteiger partial charge in [-0.05, 0) is 69.1 Å². The average molecular weight is 1490 g/mol. The Morgan fingerprint density at radius 2 is 0.578 bits per heavy atom. The molecule has 0 saturated heterocycles. The van der Waals surface area contributed by atoms with Crippen LogP contribution >= 0.6 is 15.6 Å². The molecule has 0 fully saturated rings. The second kappa shape index (κ2) is 72.7. The van der Waals surface area contributed by atoms with E-state index in [2.05, 4.69) is 72.8 Å². The molecule has 0 spiro atoms. The predicted molar refractivity (Wildman–Crippen MR) is 418 cm³/mol. The fourth-order valence-corrected chi connectivity index (χ4v) is 13.8. The zero-order valence-electron chi connectivity index (χ0n) is 66.6. The number of ether oxygens (including phenoxy) is 4. The largest absolute Gasteiger partial charge is 0.472 e. The van der Waals surface area contributed by atoms with Gasteiger partial charge in [0.25, 0.3) is 0 Å². The van der Waals surface area contributed by atoms with Crippen LogP contribution in [0.15, 0.2) is 24.3 Å². The Morgan fingerprint density at radius 3 is 0.873 bits per heavy atom. The molecule has 0 aliphatic rings. The molecular formula is C83H158O17P2. The van der Waals surface area contributed by atoms with Crippen molar-refractivity contribution in [2.45, 2.75) is 426 Å². The highest BCUT2D eigenvalue weighted by Gasteiger charge is 2.30. The summed E-state index contributed by atoms with van der Waals surface area (Å²) in [4.78, 5) is 73.1. The maximum Gasteiger partial charge on any atom is 0.472 e. The van der Waals surface area contributed by atoms with Crippen molar-refractivity contribution in [1.82, 2.24) is 0 Å². The monoisotopic (exact) mass is 1490 g/mol. The first-order valence-electron chi connectivity index (χ1n) is 42.2. The van der Waals surface area contributed by atoms with E-state index in [4.69, 9.17) is 37.0 Å². The zero-order valence-corrected chi connectivity index (χ0v) is 68.4. The molecule has 0 rings (SSSR count). The number of carbonyl (C=O) groups excluding carboxylic acids is 4. The first kappa shape index (κ1) is 99.5. The summed E-state index contributed by atoms with van der Waals surface area (Å²) in [6.45, 7) is 11.9. The van der Waals surface area contributed by atoms with Gasteiger partial charge < -0.3 is 33.8 Å². The number of esters is 4. The standard InChI is InChI=1S/C83H158O17P2/c1-8-10-11-12-13-14-15-16-19-27-32-37-44-52-59-66-83(88)100-79(71-94-81(86)65-58-51-46-39-41-48-55-62-75(5)6)73-98-102(91,92)96-69-77(84)68-95-101(89,90)97-72-78(70-93-80(85)64-57-50-43-36-31-26-23-22-25-30-35-42-49-56-63-76(7)9-2)99-82(87)67-60-53-45-38-33-28-21-18-17-20-24-29-34-40-47-54-61-74(3)4/h14-16,19,74-79,84H,8-13,17-18,20-73H2,1-7H3,(H,89,90)(H,91,92)/b15-14-,19-16-/t76?,77?,78-,79-/m1/s1. The van der Waals surface area contributed by atoms with Crippen LogP contribution in [0.5, 0.6) is 0 Å². The second-order valence-corrected chi connectivity index (χ2v) is 33.3. The SMILES string of the molecule is CCCCCC/C=C\C=C/CCCCCCCC(=O)O[C@H](COC(=O)CCCCCCCCCC(C)C)COP(=O)(O)OCC(O)COP(=O)(O)OC[C@@H](COC(=O)CCCCCCCCCCCCCCCCC(C)CC)OC(=O)CCCCCCCCCCCCCCCCCCC(C)C. The minimum absolute atomic E-state index is 0.0842. The molecule has 0 bridgehead atoms. The van der Waals surface area contributed by atoms with Crippen molar-refractivity contribution in [1.29, 1.82) is 0 Å². The van der Waals surface area contributed by atoms with Crippen molar-refractivity contribution in [3.8, 4) is 0 Å². The lowest BCUT2D eigenvalue weighted by Gasteiger charge is -2.21. The molecule has 0 aliphatic heterocycles. The van der Waals surface area contributed by atoms with Gasteiger partial charge in [-0.1, -0.05) is 355 Å². The van der Waals surface area contributed by atoms with Crippen molar-refractivity contribution in [2.24, 2.45) is 17.8 Å². The van der Waals surface area contributed by atoms with Gasteiger partial charge in [0, 0.05) is 25.7 Å². The van der Waals surface area contributed by atoms with Gasteiger partial charge in [-0.15, -0.1) is 0 Å². The van der Waals surface area contributed by atoms with E-state index >= 15 is 0 Å². The van der Waals surface area contributed by atoms with Crippen LogP contribution in [-0.4, -0.2) is 96.7 Å². The van der Waals surface area contributed by atoms with Crippen LogP contribution in [0.1, 0.15) is 408 Å². The predicted octanol–water partition coefficient (Wildman–Crippen LogP) is 24.5. The summed E-state index contributed by atoms with van der Waals surface area (Å²) in [5.41, 5.74) is 0. The van der Waals surface area contributed by atoms with E-state index in [1.54, 1.807) is 0 Å². The average Bonchev–Trinajstić information content (AvgIpc) is 0.951. The minimum Gasteiger partial charge on any atom is -0.462 e. The smallest absolute Gasteiger partial charge is 0.462 e. The number of phosphoric ester groups is 2. The molecule has 0 saturated carbocycles. The van der Waals surface area contributed by atoms with Gasteiger partial charge in [-0.25, -0.2) is 9.13 Å². The minimum atomic E-state index is -4.97. The van der Waals surface area contributed by atoms with Crippen molar-refractivity contribution in [3.05, 3.63) is 24.3 Å². The molecule has 0 aliphatic carbocycles. The first-order valence-corrected chi connectivity index (χ1v) is 45.2. The zero-order chi connectivity index (χ0) is 75.1. The lowest BCUT2D eigenvalue weighted by molar-refractivity contribution is -0.161. The van der Waals surface area contributed by atoms with E-state index in [0.717, 1.165) is 121 Å². The summed E-state index contributed by atoms with van der Waals surface area (Å²) in [6, 6.07) is 0. The van der Waals surface area contributed by atoms with Crippen molar-refractivity contribution >= 4 is 39.5 Å². The van der Waals surface area contributed by atoms with E-state index < -0.39 is 97.5 Å². The maximum absolute atomic E-state index is 13.1. The lowest BCUT2D eigenvalue weighted by Crippen LogP contribution is -2.30. The Bertz CT molecular complexity index is 2070. The topological polar surface area (TPSA) is 237 Å². The van der Waals surface area contributed by atoms with Crippen LogP contribution in [0.4, 0.5) is 0 Å². The highest BCUT2D eigenvalue weighted by atomic mass is 31.2. The summed E-state index contributed by atoms with van der Waals surface area (Å²) < 4.78 is 68.7. The highest BCUT2D eigenvalue weighted by Crippen LogP contribution is 2.45. The van der Waals surface area contributed by atoms with Crippen LogP contribution in [0, 0.1) is 17.8 Å². The third-order valence-corrected chi connectivity index (χ3v) is 21.0. The molecule has 0 aromatic rings. The Hall–Kier alpha value is -2.46. The van der Waals surface area contributed by atoms with Crippen LogP contribution in [0.25, 0.3) is 0 Å². The third-order valence-electron chi connectivity index (χ3n) is 19.1. The molecular weight excluding hydrogens is 1330 g/mol. The Kier molecular flexibility index (Phi) is 71.0. The number of aliphatic hydroxyl groups excluding tert-OH is 1. The summed E-state index contributed by atoms with van der Waals surface area (Å²) in [7, 11) is -9.94. The maximum atomic E-state index is 13.1. The van der Waals surface area contributed by atoms with E-state index in [0.29, 0.717) is 31.6 Å². The number of rotatable bonds is 79. The second-order valence-electron chi connectivity index (χ2n) is 30.4. The molecule has 19 heteroatoms. The van der Waals surface area contributed by atoms with Crippen LogP contribution in [-0.2, 0) is 65.4 Å². The van der Waals surface area contributed by atoms with E-state index in [-0.39, 0.29) is 25.7 Å². The summed E-state index contributed by atoms with van der Waals surface area (Å²) >= 11 is 0. The van der Waals surface area contributed by atoms with Gasteiger partial charge >= 0.3 is 39.5 Å². The Balaban J connectivity index is 5.27. The van der Waals surface area contributed by atoms with Gasteiger partial charge in [0.05, 0.1) is 26.4 Å². The number of phosphoric acid groups is 2. The fraction of sp³-hybridized carbons (Fsp3) is 0.904. The van der Waals surface area contributed by atoms with Gasteiger partial charge in [0.15, 0.2) is 12.2 Å². The molecule has 3 N–H and O–H groups in total. The number of unbranched alkanes of at least 4 members (excludes halogenated alkanes) is 43. The number of carbonyl (C=O) groups is 4. The molecule has 0 aromatic heterocycles. The van der Waals surface area contributed by atoms with Gasteiger partial charge in [-0.2, -0.15) is 0 Å². The first-order chi connectivity index (χ1) is 49.3. The molecule has 0 aromatic carbocycles. The quantitative estimate of drug-likeness (QED) is 0.0169. The number of allylic oxidation sites excluding steroid dienone is 4. The third kappa shape index (κ3) is 74.4. The Labute approximate surface area is 624 Å². The van der Waals surface area contributed by atoms with Gasteiger partial charge in [0.2, 0.25) is 0 Å². The number of hydrogen-bond donors (Lipinski definition) is 3. The molecule has 102 heavy (non-hydrogen) atoms. The van der Waals surface area contributed by atoms with Crippen molar-refractivity contribution in [3.63, 3.8) is 0 Å². The number of hydrogen-bond acceptors (Lipinski definition) is 15. The summed E-state index contributed by atoms with van der Waals surface area (Å²) in [6.07, 6.45) is 64.7. The molecule has 602 valence electrons. The highest BCUT2D eigenvalue weighted by molar-refractivity contribution is 7.47. The lowest BCUT2D eigenvalue weighted by atomic mass is 9.99. The molecule has 17 nitrogen and oxygen atoms in total. The van der Waals surface area contributed by atoms with Gasteiger partial charge in [0.1, 0.15) is 19.3 Å². The molecule has 0 radical (unpaired) electrons. The molecule has 0 heterocycles. The summed E-state index contributed by atoms with van der Waals surface area (Å²) in [5.74, 6) is 0.218. The molecule has 6 atom stereocenters. The molecule has 0 amide bonds. The van der Waals surface area contributed by atoms with Crippen LogP contribution in [0.2, 0.25) is 0 Å². The van der Waals surface area contributed by atoms with Gasteiger partial charge in [-0.3, -0.25) is 37.3 Å². The van der Waals surface area contributed by atoms with Crippen molar-refractivity contribution in [2.75, 3.05) is 39.6 Å². The van der Waals surface area contributed by atoms with E-state index in [1.807, 2.05) is 0 Å². The Morgan fingerprint density at radius 1 is 0.324 bits per heavy atom. The van der Waals surface area contributed by atoms with Crippen LogP contribution in [0.3, 0.4) is 0 Å². The van der Waals surface area contributed by atoms with E-state index in [1.165, 1.54) is 199 Å². The van der Waals surface area contributed by atoms with Crippen molar-refractivity contribution < 1.29 is 80.2 Å². The van der Waals surface area contributed by atoms with E-state index in [9.17, 15) is 43.2 Å². The fourth-order valence-electron chi connectivity index (χ4n) is 12.3. The molecule has 4 unspecified atom stereocenters. The summed E-state index contributed by atoms with van der Waals surface area (Å²) in [5, 5.41) is 10.6. The normalized spacial score (nSPS) is 14.4. The number of aliphatic hydroxyl groups is 1.